The molecule has 0 bridgehead atoms. The summed E-state index contributed by atoms with van der Waals surface area (Å²) in [7, 11) is 5.20. The minimum Gasteiger partial charge on any atom is -0.494 e. The molecule has 0 aliphatic rings. The zero-order chi connectivity index (χ0) is 18.7. The summed E-state index contributed by atoms with van der Waals surface area (Å²) in [6, 6.07) is 4.75. The maximum atomic E-state index is 11.9. The predicted molar refractivity (Wildman–Crippen MR) is 98.3 cm³/mol. The number of benzene rings is 1. The Bertz CT molecular complexity index is 566. The zero-order valence-electron chi connectivity index (χ0n) is 15.3. The third-order valence-electron chi connectivity index (χ3n) is 3.45. The summed E-state index contributed by atoms with van der Waals surface area (Å²) in [5.41, 5.74) is 1.14. The lowest BCUT2D eigenvalue weighted by atomic mass is 10.2. The van der Waals surface area contributed by atoms with E-state index in [2.05, 4.69) is 20.9 Å². The van der Waals surface area contributed by atoms with Gasteiger partial charge in [0.2, 0.25) is 5.91 Å². The van der Waals surface area contributed by atoms with Crippen LogP contribution in [0.1, 0.15) is 13.3 Å². The number of rotatable bonds is 10. The van der Waals surface area contributed by atoms with Gasteiger partial charge >= 0.3 is 6.03 Å². The van der Waals surface area contributed by atoms with Crippen molar-refractivity contribution in [2.75, 3.05) is 58.1 Å². The second kappa shape index (κ2) is 11.3. The summed E-state index contributed by atoms with van der Waals surface area (Å²) in [6.45, 7) is 4.43. The quantitative estimate of drug-likeness (QED) is 0.558. The van der Waals surface area contributed by atoms with Crippen LogP contribution in [0.2, 0.25) is 0 Å². The Morgan fingerprint density at radius 3 is 2.56 bits per heavy atom. The topological polar surface area (TPSA) is 91.9 Å². The largest absolute Gasteiger partial charge is 0.494 e. The number of methoxy groups -OCH3 is 2. The molecule has 0 aromatic heterocycles. The third kappa shape index (κ3) is 8.37. The number of ether oxygens (including phenoxy) is 2. The van der Waals surface area contributed by atoms with Crippen LogP contribution in [0.15, 0.2) is 18.2 Å². The van der Waals surface area contributed by atoms with E-state index in [1.807, 2.05) is 7.05 Å². The lowest BCUT2D eigenvalue weighted by molar-refractivity contribution is -0.114. The average molecular weight is 352 g/mol. The Kier molecular flexibility index (Phi) is 9.34. The van der Waals surface area contributed by atoms with Crippen molar-refractivity contribution >= 4 is 23.3 Å². The first-order chi connectivity index (χ1) is 12.0. The first-order valence-electron chi connectivity index (χ1n) is 8.14. The number of hydrogen-bond acceptors (Lipinski definition) is 5. The van der Waals surface area contributed by atoms with E-state index in [1.165, 1.54) is 14.0 Å². The molecule has 0 atom stereocenters. The van der Waals surface area contributed by atoms with Gasteiger partial charge in [-0.25, -0.2) is 4.79 Å². The number of urea groups is 1. The Hall–Kier alpha value is -2.32. The summed E-state index contributed by atoms with van der Waals surface area (Å²) in [4.78, 5) is 25.2. The van der Waals surface area contributed by atoms with Gasteiger partial charge in [0.25, 0.3) is 0 Å². The average Bonchev–Trinajstić information content (AvgIpc) is 2.57. The molecule has 3 amide bonds. The number of carbonyl (C=O) groups is 2. The van der Waals surface area contributed by atoms with E-state index in [0.717, 1.165) is 19.5 Å². The van der Waals surface area contributed by atoms with Crippen LogP contribution in [0.5, 0.6) is 5.75 Å². The van der Waals surface area contributed by atoms with E-state index in [9.17, 15) is 9.59 Å². The second-order valence-corrected chi connectivity index (χ2v) is 5.63. The molecule has 0 saturated carbocycles. The molecular formula is C17H28N4O4. The Labute approximate surface area is 148 Å². The van der Waals surface area contributed by atoms with Gasteiger partial charge in [-0.2, -0.15) is 0 Å². The van der Waals surface area contributed by atoms with Crippen molar-refractivity contribution < 1.29 is 19.1 Å². The molecule has 0 aliphatic carbocycles. The Morgan fingerprint density at radius 2 is 1.92 bits per heavy atom. The molecule has 3 N–H and O–H groups in total. The van der Waals surface area contributed by atoms with Gasteiger partial charge in [0.05, 0.1) is 19.4 Å². The van der Waals surface area contributed by atoms with E-state index in [4.69, 9.17) is 9.47 Å². The highest BCUT2D eigenvalue weighted by atomic mass is 16.5. The predicted octanol–water partition coefficient (Wildman–Crippen LogP) is 1.74. The van der Waals surface area contributed by atoms with Crippen molar-refractivity contribution in [3.05, 3.63) is 18.2 Å². The molecule has 140 valence electrons. The van der Waals surface area contributed by atoms with Crippen molar-refractivity contribution in [2.45, 2.75) is 13.3 Å². The lowest BCUT2D eigenvalue weighted by Crippen LogP contribution is -2.32. The monoisotopic (exact) mass is 352 g/mol. The van der Waals surface area contributed by atoms with Gasteiger partial charge in [0.1, 0.15) is 5.75 Å². The highest BCUT2D eigenvalue weighted by Crippen LogP contribution is 2.27. The molecule has 8 nitrogen and oxygen atoms in total. The van der Waals surface area contributed by atoms with Crippen molar-refractivity contribution in [3.8, 4) is 5.75 Å². The summed E-state index contributed by atoms with van der Waals surface area (Å²) in [6.07, 6.45) is 0.846. The summed E-state index contributed by atoms with van der Waals surface area (Å²) >= 11 is 0. The van der Waals surface area contributed by atoms with E-state index in [0.29, 0.717) is 30.3 Å². The number of likely N-dealkylation sites (N-methyl/N-ethyl adjacent to an activating group) is 1. The van der Waals surface area contributed by atoms with Crippen molar-refractivity contribution in [1.29, 1.82) is 0 Å². The van der Waals surface area contributed by atoms with Crippen LogP contribution in [-0.2, 0) is 9.53 Å². The SMILES string of the molecule is COCCN(C)CCCNC(=O)Nc1ccc(NC(C)=O)c(OC)c1. The maximum absolute atomic E-state index is 11.9. The fourth-order valence-electron chi connectivity index (χ4n) is 2.15. The number of carbonyl (C=O) groups excluding carboxylic acids is 2. The molecule has 0 aliphatic heterocycles. The fraction of sp³-hybridized carbons (Fsp3) is 0.529. The zero-order valence-corrected chi connectivity index (χ0v) is 15.3. The molecule has 0 saturated heterocycles. The van der Waals surface area contributed by atoms with E-state index >= 15 is 0 Å². The molecule has 0 fully saturated rings. The number of amides is 3. The molecule has 1 rings (SSSR count). The molecule has 0 spiro atoms. The van der Waals surface area contributed by atoms with Gasteiger partial charge in [0, 0.05) is 38.9 Å². The lowest BCUT2D eigenvalue weighted by Gasteiger charge is -2.16. The minimum absolute atomic E-state index is 0.188. The minimum atomic E-state index is -0.283. The molecule has 1 aromatic rings. The van der Waals surface area contributed by atoms with E-state index in [-0.39, 0.29) is 11.9 Å². The molecule has 8 heteroatoms. The normalized spacial score (nSPS) is 10.4. The summed E-state index contributed by atoms with van der Waals surface area (Å²) in [5.74, 6) is 0.292. The van der Waals surface area contributed by atoms with Crippen LogP contribution >= 0.6 is 0 Å². The first-order valence-corrected chi connectivity index (χ1v) is 8.14. The standard InChI is InChI=1S/C17H28N4O4/c1-13(22)19-15-7-6-14(12-16(15)25-4)20-17(23)18-8-5-9-21(2)10-11-24-3/h6-7,12H,5,8-11H2,1-4H3,(H,19,22)(H2,18,20,23). The van der Waals surface area contributed by atoms with Crippen LogP contribution in [0.4, 0.5) is 16.2 Å². The number of anilines is 2. The first kappa shape index (κ1) is 20.7. The smallest absolute Gasteiger partial charge is 0.319 e. The Balaban J connectivity index is 2.40. The molecule has 25 heavy (non-hydrogen) atoms. The summed E-state index contributed by atoms with van der Waals surface area (Å²) < 4.78 is 10.2. The van der Waals surface area contributed by atoms with Crippen LogP contribution < -0.4 is 20.7 Å². The summed E-state index contributed by atoms with van der Waals surface area (Å²) in [5, 5.41) is 8.22. The number of hydrogen-bond donors (Lipinski definition) is 3. The molecule has 0 unspecified atom stereocenters. The van der Waals surface area contributed by atoms with Gasteiger partial charge in [-0.1, -0.05) is 0 Å². The van der Waals surface area contributed by atoms with Crippen LogP contribution in [-0.4, -0.2) is 64.3 Å². The number of nitrogens with one attached hydrogen (secondary N) is 3. The van der Waals surface area contributed by atoms with Gasteiger partial charge in [-0.05, 0) is 32.1 Å². The van der Waals surface area contributed by atoms with Gasteiger partial charge < -0.3 is 30.3 Å². The van der Waals surface area contributed by atoms with Crippen molar-refractivity contribution in [2.24, 2.45) is 0 Å². The van der Waals surface area contributed by atoms with Gasteiger partial charge in [0.15, 0.2) is 0 Å². The fourth-order valence-corrected chi connectivity index (χ4v) is 2.15. The van der Waals surface area contributed by atoms with Crippen molar-refractivity contribution in [3.63, 3.8) is 0 Å². The van der Waals surface area contributed by atoms with E-state index in [1.54, 1.807) is 25.3 Å². The van der Waals surface area contributed by atoms with Gasteiger partial charge in [-0.15, -0.1) is 0 Å². The molecule has 1 aromatic carbocycles. The van der Waals surface area contributed by atoms with Crippen molar-refractivity contribution in [1.82, 2.24) is 10.2 Å². The highest BCUT2D eigenvalue weighted by molar-refractivity contribution is 5.93. The third-order valence-corrected chi connectivity index (χ3v) is 3.45. The number of nitrogens with zero attached hydrogens (tertiary/aromatic N) is 1. The van der Waals surface area contributed by atoms with E-state index < -0.39 is 0 Å². The molecule has 0 radical (unpaired) electrons. The van der Waals surface area contributed by atoms with Crippen LogP contribution in [0.25, 0.3) is 0 Å². The molecule has 0 heterocycles. The Morgan fingerprint density at radius 1 is 1.16 bits per heavy atom. The highest BCUT2D eigenvalue weighted by Gasteiger charge is 2.08. The van der Waals surface area contributed by atoms with Crippen LogP contribution in [0.3, 0.4) is 0 Å². The van der Waals surface area contributed by atoms with Crippen LogP contribution in [0, 0.1) is 0 Å². The van der Waals surface area contributed by atoms with Gasteiger partial charge in [-0.3, -0.25) is 4.79 Å². The second-order valence-electron chi connectivity index (χ2n) is 5.63. The maximum Gasteiger partial charge on any atom is 0.319 e. The molecular weight excluding hydrogens is 324 g/mol.